The average molecular weight is 1440 g/mol. The summed E-state index contributed by atoms with van der Waals surface area (Å²) in [6.45, 7) is 27.9. The second-order valence-corrected chi connectivity index (χ2v) is 27.9. The van der Waals surface area contributed by atoms with Crippen LogP contribution in [0.2, 0.25) is 0 Å². The quantitative estimate of drug-likeness (QED) is 0.0530. The number of aliphatic hydroxyl groups is 1. The van der Waals surface area contributed by atoms with Gasteiger partial charge in [-0.3, -0.25) is 9.78 Å². The molecule has 1 atom stereocenters. The summed E-state index contributed by atoms with van der Waals surface area (Å²) in [4.78, 5) is 82.4. The van der Waals surface area contributed by atoms with Crippen molar-refractivity contribution in [3.05, 3.63) is 170 Å². The van der Waals surface area contributed by atoms with E-state index in [9.17, 15) is 44.7 Å². The lowest BCUT2D eigenvalue weighted by Gasteiger charge is -2.36. The molecule has 0 aliphatic carbocycles. The minimum absolute atomic E-state index is 0.181. The molecule has 4 saturated heterocycles. The molecule has 8 heterocycles. The molecular weight excluding hydrogens is 1330 g/mol. The van der Waals surface area contributed by atoms with Gasteiger partial charge in [-0.15, -0.1) is 0 Å². The maximum absolute atomic E-state index is 12.4. The zero-order valence-corrected chi connectivity index (χ0v) is 61.7. The van der Waals surface area contributed by atoms with E-state index in [1.807, 2.05) is 165 Å². The number of nitrogens with zero attached hydrogens (tertiary/aromatic N) is 12. The van der Waals surface area contributed by atoms with Crippen molar-refractivity contribution in [2.24, 2.45) is 23.7 Å². The van der Waals surface area contributed by atoms with Crippen LogP contribution in [0.1, 0.15) is 61.8 Å². The molecule has 0 saturated carbocycles. The number of aromatic nitrogens is 4. The molecule has 0 spiro atoms. The minimum Gasteiger partial charge on any atom is -0.507 e. The highest BCUT2D eigenvalue weighted by Gasteiger charge is 2.30. The van der Waals surface area contributed by atoms with E-state index in [1.54, 1.807) is 80.5 Å². The summed E-state index contributed by atoms with van der Waals surface area (Å²) >= 11 is 0. The smallest absolute Gasteiger partial charge is 0.409 e. The maximum atomic E-state index is 12.4. The molecular formula is C81H102N12O12. The predicted molar refractivity (Wildman–Crippen MR) is 410 cm³/mol. The molecule has 0 radical (unpaired) electrons. The number of pyridine rings is 4. The fraction of sp³-hybridized carbons (Fsp3) is 0.407. The van der Waals surface area contributed by atoms with Crippen molar-refractivity contribution in [2.45, 2.75) is 67.9 Å². The number of amides is 4. The maximum Gasteiger partial charge on any atom is 0.409 e. The van der Waals surface area contributed by atoms with Crippen molar-refractivity contribution >= 4 is 47.3 Å². The van der Waals surface area contributed by atoms with Crippen LogP contribution in [-0.2, 0) is 19.0 Å². The van der Waals surface area contributed by atoms with Gasteiger partial charge in [-0.1, -0.05) is 122 Å². The lowest BCUT2D eigenvalue weighted by molar-refractivity contribution is -0.141. The van der Waals surface area contributed by atoms with Gasteiger partial charge in [0.1, 0.15) is 46.6 Å². The highest BCUT2D eigenvalue weighted by Crippen LogP contribution is 2.34. The van der Waals surface area contributed by atoms with Gasteiger partial charge < -0.3 is 78.9 Å². The largest absolute Gasteiger partial charge is 0.507 e. The van der Waals surface area contributed by atoms with Crippen LogP contribution in [0.3, 0.4) is 0 Å². The van der Waals surface area contributed by atoms with Crippen molar-refractivity contribution in [1.82, 2.24) is 39.5 Å². The van der Waals surface area contributed by atoms with Crippen LogP contribution in [0.15, 0.2) is 170 Å². The lowest BCUT2D eigenvalue weighted by Crippen LogP contribution is -2.51. The monoisotopic (exact) mass is 1430 g/mol. The van der Waals surface area contributed by atoms with E-state index >= 15 is 0 Å². The lowest BCUT2D eigenvalue weighted by atomic mass is 10.0. The number of carbonyl (C=O) groups is 4. The molecule has 4 aliphatic heterocycles. The Kier molecular flexibility index (Phi) is 28.8. The third-order valence-corrected chi connectivity index (χ3v) is 17.9. The van der Waals surface area contributed by atoms with Gasteiger partial charge in [-0.2, -0.15) is 0 Å². The fourth-order valence-electron chi connectivity index (χ4n) is 12.1. The van der Waals surface area contributed by atoms with Gasteiger partial charge >= 0.3 is 18.3 Å². The van der Waals surface area contributed by atoms with E-state index in [0.717, 1.165) is 64.4 Å². The molecule has 24 nitrogen and oxygen atoms in total. The summed E-state index contributed by atoms with van der Waals surface area (Å²) in [5.41, 5.74) is 7.06. The second-order valence-electron chi connectivity index (χ2n) is 27.9. The van der Waals surface area contributed by atoms with Crippen LogP contribution in [0.4, 0.5) is 37.5 Å². The summed E-state index contributed by atoms with van der Waals surface area (Å²) in [6.07, 6.45) is 2.36. The number of carbonyl (C=O) groups excluding carboxylic acids is 4. The van der Waals surface area contributed by atoms with E-state index in [1.165, 1.54) is 0 Å². The molecule has 0 unspecified atom stereocenters. The number of phenols is 4. The van der Waals surface area contributed by atoms with E-state index in [4.69, 9.17) is 14.2 Å². The minimum atomic E-state index is -0.918. The number of phenolic OH excluding ortho intramolecular Hbond substituents is 4. The summed E-state index contributed by atoms with van der Waals surface area (Å²) in [5, 5.41) is 50.3. The summed E-state index contributed by atoms with van der Waals surface area (Å²) in [6, 6.07) is 48.1. The van der Waals surface area contributed by atoms with Crippen molar-refractivity contribution in [1.29, 1.82) is 0 Å². The first kappa shape index (κ1) is 78.3. The number of piperazine rings is 4. The van der Waals surface area contributed by atoms with Gasteiger partial charge in [0.15, 0.2) is 0 Å². The Balaban J connectivity index is 0.000000162. The van der Waals surface area contributed by atoms with E-state index < -0.39 is 6.10 Å². The van der Waals surface area contributed by atoms with Crippen molar-refractivity contribution < 1.29 is 58.9 Å². The average Bonchev–Trinajstić information content (AvgIpc) is 0.833. The van der Waals surface area contributed by atoms with Gasteiger partial charge in [0, 0.05) is 145 Å². The van der Waals surface area contributed by atoms with Gasteiger partial charge in [-0.05, 0) is 127 Å². The fourth-order valence-corrected chi connectivity index (χ4v) is 12.1. The summed E-state index contributed by atoms with van der Waals surface area (Å²) in [5.74, 6) is 4.52. The molecule has 5 N–H and O–H groups in total. The van der Waals surface area contributed by atoms with E-state index in [0.29, 0.717) is 152 Å². The molecule has 12 rings (SSSR count). The van der Waals surface area contributed by atoms with Gasteiger partial charge in [0.25, 0.3) is 5.91 Å². The molecule has 105 heavy (non-hydrogen) atoms. The molecule has 4 fully saturated rings. The van der Waals surface area contributed by atoms with Crippen LogP contribution >= 0.6 is 0 Å². The van der Waals surface area contributed by atoms with Crippen molar-refractivity contribution in [3.63, 3.8) is 0 Å². The summed E-state index contributed by atoms with van der Waals surface area (Å²) < 4.78 is 15.9. The number of aromatic hydroxyl groups is 4. The Morgan fingerprint density at radius 3 is 1.10 bits per heavy atom. The number of benzene rings is 4. The normalized spacial score (nSPS) is 14.9. The van der Waals surface area contributed by atoms with Crippen LogP contribution < -0.4 is 19.6 Å². The van der Waals surface area contributed by atoms with Crippen molar-refractivity contribution in [3.8, 4) is 67.9 Å². The predicted octanol–water partition coefficient (Wildman–Crippen LogP) is 12.6. The number of anilines is 4. The molecule has 8 aromatic rings. The second kappa shape index (κ2) is 38.6. The Morgan fingerprint density at radius 1 is 0.362 bits per heavy atom. The number of ether oxygens (including phenoxy) is 3. The van der Waals surface area contributed by atoms with E-state index in [2.05, 4.69) is 39.5 Å². The molecule has 4 aromatic carbocycles. The Bertz CT molecular complexity index is 3790. The first-order valence-corrected chi connectivity index (χ1v) is 36.3. The third kappa shape index (κ3) is 22.8. The first-order chi connectivity index (χ1) is 50.6. The highest BCUT2D eigenvalue weighted by molar-refractivity contribution is 5.81. The molecule has 0 bridgehead atoms. The SMILES string of the molecule is CC(C)COC(=O)N1CCN(c2cc(-c3ccccc3O)ccn2)CC1.CC(C)COC(=O)N1CCN(c2cccc(-c3ccccc3O)n2)CC1.CC(C)COC(=O)N1CCN(c2ccnc(-c3ccccc3O)c2)CC1.CC(C)C[C@@H](O)C(=O)N1CCN(c2cccc(-c3ccccc3O)n2)CC1. The number of hydrogen-bond acceptors (Lipinski definition) is 20. The van der Waals surface area contributed by atoms with Gasteiger partial charge in [0.2, 0.25) is 0 Å². The van der Waals surface area contributed by atoms with E-state index in [-0.39, 0.29) is 53.1 Å². The third-order valence-electron chi connectivity index (χ3n) is 17.9. The molecule has 4 aromatic heterocycles. The van der Waals surface area contributed by atoms with Crippen molar-refractivity contribution in [2.75, 3.05) is 144 Å². The number of aliphatic hydroxyl groups excluding tert-OH is 1. The van der Waals surface area contributed by atoms with Crippen LogP contribution in [0, 0.1) is 23.7 Å². The Labute approximate surface area is 616 Å². The van der Waals surface area contributed by atoms with Crippen LogP contribution in [0.5, 0.6) is 23.0 Å². The number of hydrogen-bond donors (Lipinski definition) is 5. The number of para-hydroxylation sites is 4. The molecule has 4 aliphatic rings. The Hall–Kier alpha value is -10.9. The molecule has 4 amide bonds. The topological polar surface area (TPSA) is 275 Å². The zero-order valence-electron chi connectivity index (χ0n) is 61.7. The molecule has 558 valence electrons. The standard InChI is InChI=1S/C21H27N3O3.3C20H25N3O3/c1-15(2)14-19(26)21(27)24-12-10-23(11-13-24)20-9-5-7-17(22-20)16-6-3-4-8-18(16)25;1-15(2)14-26-20(25)23-12-10-22(11-13-23)19-9-5-7-17(21-19)16-6-3-4-8-18(16)24;1-15(2)14-26-20(25)23-11-9-22(10-12-23)16-7-8-21-18(13-16)17-5-3-4-6-19(17)24;1-15(2)14-26-20(25)23-11-9-22(10-12-23)19-13-16(7-8-21-19)17-5-3-4-6-18(17)24/h3-9,15,19,25-26H,10-14H2,1-2H3;3-9,15,24H,10-14H2,1-2H3;2*3-8,13,15,24H,9-12,14H2,1-2H3/t19-;;;/m1.../s1. The molecule has 24 heteroatoms. The Morgan fingerprint density at radius 2 is 0.714 bits per heavy atom. The first-order valence-electron chi connectivity index (χ1n) is 36.3. The van der Waals surface area contributed by atoms with Crippen LogP contribution in [0.25, 0.3) is 44.9 Å². The summed E-state index contributed by atoms with van der Waals surface area (Å²) in [7, 11) is 0. The number of rotatable bonds is 17. The highest BCUT2D eigenvalue weighted by atomic mass is 16.6. The van der Waals surface area contributed by atoms with Gasteiger partial charge in [0.05, 0.1) is 36.9 Å². The van der Waals surface area contributed by atoms with Crippen LogP contribution in [-0.4, -0.2) is 220 Å². The van der Waals surface area contributed by atoms with Gasteiger partial charge in [-0.25, -0.2) is 29.3 Å². The zero-order chi connectivity index (χ0) is 74.9.